The van der Waals surface area contributed by atoms with Gasteiger partial charge >= 0.3 is 12.5 Å². The van der Waals surface area contributed by atoms with Crippen molar-refractivity contribution in [3.63, 3.8) is 0 Å². The molecule has 2 atom stereocenters. The van der Waals surface area contributed by atoms with Gasteiger partial charge in [0.25, 0.3) is 0 Å². The van der Waals surface area contributed by atoms with Gasteiger partial charge in [-0.15, -0.1) is 0 Å². The van der Waals surface area contributed by atoms with Crippen molar-refractivity contribution in [1.82, 2.24) is 0 Å². The van der Waals surface area contributed by atoms with E-state index in [0.717, 1.165) is 45.5 Å². The summed E-state index contributed by atoms with van der Waals surface area (Å²) in [6.07, 6.45) is 0. The van der Waals surface area contributed by atoms with E-state index in [1.807, 2.05) is 48.5 Å². The Morgan fingerprint density at radius 2 is 0.847 bits per heavy atom. The van der Waals surface area contributed by atoms with Crippen molar-refractivity contribution in [3.8, 4) is 28.0 Å². The Hall–Kier alpha value is -6.21. The predicted molar refractivity (Wildman–Crippen MR) is 210 cm³/mol. The van der Waals surface area contributed by atoms with Crippen LogP contribution < -0.4 is 4.74 Å². The van der Waals surface area contributed by atoms with Crippen LogP contribution in [0, 0.1) is 30.2 Å². The highest BCUT2D eigenvalue weighted by molar-refractivity contribution is 6.18. The van der Waals surface area contributed by atoms with Gasteiger partial charge in [-0.25, -0.2) is 27.5 Å². The van der Waals surface area contributed by atoms with Crippen LogP contribution in [0.2, 0.25) is 0 Å². The van der Waals surface area contributed by atoms with Crippen molar-refractivity contribution >= 4 is 23.4 Å². The van der Waals surface area contributed by atoms with Gasteiger partial charge in [0.15, 0.2) is 0 Å². The van der Waals surface area contributed by atoms with Gasteiger partial charge in [-0.1, -0.05) is 114 Å². The first kappa shape index (κ1) is 42.4. The number of aliphatic imine (C=N–C) groups is 2. The number of hydrogen-bond acceptors (Lipinski definition) is 5. The second kappa shape index (κ2) is 19.5. The molecule has 0 fully saturated rings. The van der Waals surface area contributed by atoms with Crippen LogP contribution in [0.15, 0.2) is 143 Å². The van der Waals surface area contributed by atoms with E-state index in [0.29, 0.717) is 0 Å². The molecule has 14 heteroatoms. The zero-order valence-electron chi connectivity index (χ0n) is 30.9. The molecule has 6 aromatic rings. The van der Waals surface area contributed by atoms with Crippen molar-refractivity contribution in [1.29, 1.82) is 0 Å². The zero-order chi connectivity index (χ0) is 42.1. The van der Waals surface area contributed by atoms with Crippen LogP contribution in [0.4, 0.5) is 35.1 Å². The van der Waals surface area contributed by atoms with E-state index in [4.69, 9.17) is 9.47 Å². The summed E-state index contributed by atoms with van der Waals surface area (Å²) in [6, 6.07) is 36.7. The summed E-state index contributed by atoms with van der Waals surface area (Å²) in [6.45, 7) is -0.354. The lowest BCUT2D eigenvalue weighted by Gasteiger charge is -2.08. The summed E-state index contributed by atoms with van der Waals surface area (Å²) >= 11 is 3.94. The number of rotatable bonds is 8. The average Bonchev–Trinajstić information content (AvgIpc) is 3.90. The number of benzene rings is 6. The molecular formula is C45H33ClF8N2O3. The van der Waals surface area contributed by atoms with Crippen molar-refractivity contribution in [3.05, 3.63) is 185 Å². The fraction of sp³-hybridized carbons (Fsp3) is 0.156. The van der Waals surface area contributed by atoms with Gasteiger partial charge < -0.3 is 14.2 Å². The van der Waals surface area contributed by atoms with E-state index in [1.165, 1.54) is 42.0 Å². The van der Waals surface area contributed by atoms with Gasteiger partial charge in [0.2, 0.25) is 11.8 Å². The molecule has 6 aromatic carbocycles. The van der Waals surface area contributed by atoms with Gasteiger partial charge in [-0.05, 0) is 76.7 Å². The largest absolute Gasteiger partial charge is 0.475 e. The summed E-state index contributed by atoms with van der Waals surface area (Å²) < 4.78 is 116. The van der Waals surface area contributed by atoms with Gasteiger partial charge in [-0.2, -0.15) is 17.6 Å². The molecule has 2 aliphatic rings. The number of ether oxygens (including phenoxy) is 3. The average molecular weight is 837 g/mol. The molecule has 0 radical (unpaired) electrons. The number of alkyl halides is 5. The third-order valence-corrected chi connectivity index (χ3v) is 9.04. The molecule has 8 rings (SSSR count). The summed E-state index contributed by atoms with van der Waals surface area (Å²) in [7, 11) is 0. The van der Waals surface area contributed by atoms with Crippen LogP contribution in [0.1, 0.15) is 39.9 Å². The molecule has 5 nitrogen and oxygen atoms in total. The second-order valence-electron chi connectivity index (χ2n) is 13.0. The van der Waals surface area contributed by atoms with Crippen LogP contribution in [0.5, 0.6) is 5.75 Å². The fourth-order valence-electron chi connectivity index (χ4n) is 6.14. The number of aryl methyl sites for hydroxylation is 1. The van der Waals surface area contributed by atoms with Crippen LogP contribution in [0.3, 0.4) is 0 Å². The molecule has 2 unspecified atom stereocenters. The first-order valence-electron chi connectivity index (χ1n) is 17.9. The first-order valence-corrected chi connectivity index (χ1v) is 18.3. The van der Waals surface area contributed by atoms with Crippen molar-refractivity contribution in [2.75, 3.05) is 13.2 Å². The van der Waals surface area contributed by atoms with E-state index >= 15 is 0 Å². The molecule has 0 aliphatic carbocycles. The maximum Gasteiger partial charge on any atom is 0.387 e. The Kier molecular flexibility index (Phi) is 14.0. The van der Waals surface area contributed by atoms with E-state index in [1.54, 1.807) is 12.1 Å². The fourth-order valence-corrected chi connectivity index (χ4v) is 6.14. The Morgan fingerprint density at radius 3 is 1.19 bits per heavy atom. The third-order valence-electron chi connectivity index (χ3n) is 9.04. The molecule has 0 N–H and O–H groups in total. The van der Waals surface area contributed by atoms with Crippen LogP contribution in [0.25, 0.3) is 22.3 Å². The molecule has 0 amide bonds. The number of nitrogens with zero attached hydrogens (tertiary/aromatic N) is 2. The minimum absolute atomic E-state index is 0.0215. The lowest BCUT2D eigenvalue weighted by Crippen LogP contribution is -2.07. The van der Waals surface area contributed by atoms with Gasteiger partial charge in [0.1, 0.15) is 65.4 Å². The highest BCUT2D eigenvalue weighted by atomic mass is 35.5. The quantitative estimate of drug-likeness (QED) is 0.113. The molecular weight excluding hydrogens is 804 g/mol. The molecule has 2 aliphatic heterocycles. The van der Waals surface area contributed by atoms with Gasteiger partial charge in [0.05, 0.1) is 0 Å². The highest BCUT2D eigenvalue weighted by Gasteiger charge is 2.27. The molecule has 0 saturated heterocycles. The SMILES string of the molecule is Cc1ccc(-c2ccc(C3COC(c4c(F)cccc4F)=N3)cc2)cc1.FC(F)Cl.Fc1cccc(F)c1C1=NC(c2ccc(-c3ccc(OC(F)F)cc3)cc2)CO1. The molecule has 0 bridgehead atoms. The van der Waals surface area contributed by atoms with E-state index in [-0.39, 0.29) is 54.0 Å². The maximum atomic E-state index is 13.9. The monoisotopic (exact) mass is 836 g/mol. The molecule has 59 heavy (non-hydrogen) atoms. The third kappa shape index (κ3) is 11.1. The van der Waals surface area contributed by atoms with Gasteiger partial charge in [0, 0.05) is 0 Å². The van der Waals surface area contributed by atoms with Crippen LogP contribution in [-0.4, -0.2) is 37.5 Å². The lowest BCUT2D eigenvalue weighted by atomic mass is 10.0. The maximum absolute atomic E-state index is 13.9. The van der Waals surface area contributed by atoms with Gasteiger partial charge in [-0.3, -0.25) is 0 Å². The summed E-state index contributed by atoms with van der Waals surface area (Å²) in [5, 5.41) is 0. The lowest BCUT2D eigenvalue weighted by molar-refractivity contribution is -0.0498. The smallest absolute Gasteiger partial charge is 0.387 e. The van der Waals surface area contributed by atoms with E-state index in [2.05, 4.69) is 57.5 Å². The summed E-state index contributed by atoms with van der Waals surface area (Å²) in [5.41, 5.74) is 6.49. The topological polar surface area (TPSA) is 52.4 Å². The second-order valence-corrected chi connectivity index (χ2v) is 13.3. The Bertz CT molecular complexity index is 2350. The minimum atomic E-state index is -2.86. The van der Waals surface area contributed by atoms with Crippen LogP contribution in [-0.2, 0) is 9.47 Å². The Morgan fingerprint density at radius 1 is 0.525 bits per heavy atom. The molecule has 0 saturated carbocycles. The summed E-state index contributed by atoms with van der Waals surface area (Å²) in [4.78, 5) is 8.70. The summed E-state index contributed by atoms with van der Waals surface area (Å²) in [5.74, 6) is -5.42. The normalized spacial score (nSPS) is 15.6. The minimum Gasteiger partial charge on any atom is -0.475 e. The standard InChI is InChI=1S/C22H15F4NO2.C22H17F2NO.CHClF2/c23-17-2-1-3-18(24)20(17)21-27-19(12-28-21)15-6-4-13(5-7-15)14-8-10-16(11-9-14)29-22(25)26;1-14-5-7-15(8-6-14)16-9-11-17(12-10-16)20-13-26-22(25-20)21-18(23)3-2-4-19(21)24;2-1(3)4/h1-11,19,22H,12H2;2-12,20H,13H2,1H3;1H. The van der Waals surface area contributed by atoms with Crippen LogP contribution >= 0.6 is 11.6 Å². The first-order chi connectivity index (χ1) is 28.4. The Balaban J connectivity index is 0.000000183. The number of halogens is 9. The van der Waals surface area contributed by atoms with Crippen molar-refractivity contribution in [2.45, 2.75) is 31.5 Å². The molecule has 304 valence electrons. The molecule has 0 spiro atoms. The predicted octanol–water partition coefficient (Wildman–Crippen LogP) is 12.7. The Labute approximate surface area is 339 Å². The molecule has 0 aromatic heterocycles. The van der Waals surface area contributed by atoms with Crippen molar-refractivity contribution < 1.29 is 49.3 Å². The van der Waals surface area contributed by atoms with Crippen molar-refractivity contribution in [2.24, 2.45) is 9.98 Å². The van der Waals surface area contributed by atoms with E-state index < -0.39 is 35.8 Å². The highest BCUT2D eigenvalue weighted by Crippen LogP contribution is 2.31. The van der Waals surface area contributed by atoms with E-state index in [9.17, 15) is 35.1 Å². The number of hydrogen-bond donors (Lipinski definition) is 0. The molecule has 2 heterocycles. The zero-order valence-corrected chi connectivity index (χ0v) is 31.7.